The van der Waals surface area contributed by atoms with Crippen LogP contribution >= 0.6 is 0 Å². The second-order valence-electron chi connectivity index (χ2n) is 11.4. The van der Waals surface area contributed by atoms with Crippen molar-refractivity contribution in [1.29, 1.82) is 0 Å². The van der Waals surface area contributed by atoms with Crippen LogP contribution < -0.4 is 0 Å². The van der Waals surface area contributed by atoms with E-state index < -0.39 is 0 Å². The molecule has 0 atom stereocenters. The number of rotatable bonds is 4. The second-order valence-corrected chi connectivity index (χ2v) is 11.4. The van der Waals surface area contributed by atoms with E-state index in [-0.39, 0.29) is 0 Å². The van der Waals surface area contributed by atoms with E-state index >= 15 is 0 Å². The number of nitrogens with zero attached hydrogens (tertiary/aromatic N) is 2. The summed E-state index contributed by atoms with van der Waals surface area (Å²) in [5.74, 6) is 0. The van der Waals surface area contributed by atoms with E-state index in [0.29, 0.717) is 0 Å². The fourth-order valence-electron chi connectivity index (χ4n) is 7.05. The summed E-state index contributed by atoms with van der Waals surface area (Å²) in [6, 6.07) is 61.4. The molecule has 2 nitrogen and oxygen atoms in total. The van der Waals surface area contributed by atoms with Crippen LogP contribution in [0.5, 0.6) is 0 Å². The topological polar surface area (TPSA) is 9.86 Å². The Kier molecular flexibility index (Phi) is 5.54. The van der Waals surface area contributed by atoms with E-state index in [4.69, 9.17) is 0 Å². The van der Waals surface area contributed by atoms with Gasteiger partial charge in [0, 0.05) is 44.0 Å². The minimum Gasteiger partial charge on any atom is -0.309 e. The lowest BCUT2D eigenvalue weighted by Crippen LogP contribution is -2.00. The van der Waals surface area contributed by atoms with Crippen molar-refractivity contribution in [3.63, 3.8) is 0 Å². The molecule has 0 bridgehead atoms. The van der Waals surface area contributed by atoms with E-state index in [2.05, 4.69) is 179 Å². The van der Waals surface area contributed by atoms with Crippen molar-refractivity contribution >= 4 is 43.6 Å². The normalized spacial score (nSPS) is 11.6. The van der Waals surface area contributed by atoms with E-state index in [1.54, 1.807) is 0 Å². The standard InChI is InChI=1S/C42H28N2/c1-3-14-29(15-4-1)33-22-12-24-37-35-20-7-9-26-39(35)43(41(33)37)31-18-11-19-32(28-31)44-40-27-10-8-21-36(40)38-25-13-23-34(42(38)44)30-16-5-2-6-17-30/h1-28H. The maximum Gasteiger partial charge on any atom is 0.0619 e. The molecule has 2 heterocycles. The van der Waals surface area contributed by atoms with Crippen LogP contribution in [0, 0.1) is 0 Å². The van der Waals surface area contributed by atoms with Gasteiger partial charge in [-0.1, -0.05) is 140 Å². The zero-order valence-electron chi connectivity index (χ0n) is 24.1. The quantitative estimate of drug-likeness (QED) is 0.203. The van der Waals surface area contributed by atoms with Crippen molar-refractivity contribution in [3.05, 3.63) is 170 Å². The van der Waals surface area contributed by atoms with Gasteiger partial charge in [-0.3, -0.25) is 0 Å². The van der Waals surface area contributed by atoms with Gasteiger partial charge in [-0.2, -0.15) is 0 Å². The Bertz CT molecular complexity index is 2310. The molecule has 0 unspecified atom stereocenters. The summed E-state index contributed by atoms with van der Waals surface area (Å²) in [6.45, 7) is 0. The molecule has 9 aromatic rings. The lowest BCUT2D eigenvalue weighted by Gasteiger charge is -2.15. The molecule has 2 heteroatoms. The van der Waals surface area contributed by atoms with Crippen LogP contribution in [0.4, 0.5) is 0 Å². The van der Waals surface area contributed by atoms with Crippen molar-refractivity contribution in [2.75, 3.05) is 0 Å². The highest BCUT2D eigenvalue weighted by Gasteiger charge is 2.19. The highest BCUT2D eigenvalue weighted by Crippen LogP contribution is 2.41. The third-order valence-electron chi connectivity index (χ3n) is 8.91. The fourth-order valence-corrected chi connectivity index (χ4v) is 7.05. The van der Waals surface area contributed by atoms with Gasteiger partial charge < -0.3 is 9.13 Å². The Balaban J connectivity index is 1.37. The first-order valence-electron chi connectivity index (χ1n) is 15.1. The van der Waals surface area contributed by atoms with E-state index in [1.165, 1.54) is 65.9 Å². The predicted molar refractivity (Wildman–Crippen MR) is 186 cm³/mol. The van der Waals surface area contributed by atoms with Crippen molar-refractivity contribution < 1.29 is 0 Å². The molecule has 0 aliphatic heterocycles. The summed E-state index contributed by atoms with van der Waals surface area (Å²) in [6.07, 6.45) is 0. The maximum absolute atomic E-state index is 2.45. The van der Waals surface area contributed by atoms with Crippen LogP contribution in [-0.4, -0.2) is 9.13 Å². The third kappa shape index (κ3) is 3.68. The molecular weight excluding hydrogens is 532 g/mol. The van der Waals surface area contributed by atoms with Crippen LogP contribution in [0.15, 0.2) is 170 Å². The first kappa shape index (κ1) is 24.7. The van der Waals surface area contributed by atoms with E-state index in [1.807, 2.05) is 0 Å². The van der Waals surface area contributed by atoms with Gasteiger partial charge in [-0.15, -0.1) is 0 Å². The summed E-state index contributed by atoms with van der Waals surface area (Å²) in [7, 11) is 0. The van der Waals surface area contributed by atoms with Crippen LogP contribution in [0.1, 0.15) is 0 Å². The zero-order chi connectivity index (χ0) is 29.0. The van der Waals surface area contributed by atoms with Crippen molar-refractivity contribution in [1.82, 2.24) is 9.13 Å². The second kappa shape index (κ2) is 9.86. The smallest absolute Gasteiger partial charge is 0.0619 e. The molecule has 0 aliphatic rings. The van der Waals surface area contributed by atoms with Gasteiger partial charge >= 0.3 is 0 Å². The van der Waals surface area contributed by atoms with E-state index in [9.17, 15) is 0 Å². The molecule has 44 heavy (non-hydrogen) atoms. The number of hydrogen-bond acceptors (Lipinski definition) is 0. The van der Waals surface area contributed by atoms with Gasteiger partial charge in [0.25, 0.3) is 0 Å². The molecule has 7 aromatic carbocycles. The van der Waals surface area contributed by atoms with Gasteiger partial charge in [-0.05, 0) is 41.5 Å². The fraction of sp³-hybridized carbons (Fsp3) is 0. The Morgan fingerprint density at radius 1 is 0.295 bits per heavy atom. The van der Waals surface area contributed by atoms with Gasteiger partial charge in [0.2, 0.25) is 0 Å². The summed E-state index contributed by atoms with van der Waals surface area (Å²) in [5, 5.41) is 5.04. The maximum atomic E-state index is 2.45. The number of hydrogen-bond donors (Lipinski definition) is 0. The summed E-state index contributed by atoms with van der Waals surface area (Å²) < 4.78 is 4.89. The van der Waals surface area contributed by atoms with Crippen molar-refractivity contribution in [2.24, 2.45) is 0 Å². The minimum atomic E-state index is 1.14. The lowest BCUT2D eigenvalue weighted by molar-refractivity contribution is 1.13. The Labute approximate surface area is 255 Å². The van der Waals surface area contributed by atoms with Gasteiger partial charge in [0.15, 0.2) is 0 Å². The van der Waals surface area contributed by atoms with Crippen molar-refractivity contribution in [2.45, 2.75) is 0 Å². The zero-order valence-corrected chi connectivity index (χ0v) is 24.1. The van der Waals surface area contributed by atoms with E-state index in [0.717, 1.165) is 11.4 Å². The summed E-state index contributed by atoms with van der Waals surface area (Å²) in [4.78, 5) is 0. The average Bonchev–Trinajstić information content (AvgIpc) is 3.62. The number of aromatic nitrogens is 2. The monoisotopic (exact) mass is 560 g/mol. The summed E-state index contributed by atoms with van der Waals surface area (Å²) in [5.41, 5.74) is 12.0. The summed E-state index contributed by atoms with van der Waals surface area (Å²) >= 11 is 0. The predicted octanol–water partition coefficient (Wildman–Crippen LogP) is 11.2. The highest BCUT2D eigenvalue weighted by molar-refractivity contribution is 6.15. The number of para-hydroxylation sites is 4. The van der Waals surface area contributed by atoms with Gasteiger partial charge in [-0.25, -0.2) is 0 Å². The molecule has 2 aromatic heterocycles. The molecule has 0 amide bonds. The van der Waals surface area contributed by atoms with Gasteiger partial charge in [0.1, 0.15) is 0 Å². The highest BCUT2D eigenvalue weighted by atomic mass is 15.0. The van der Waals surface area contributed by atoms with Crippen LogP contribution in [-0.2, 0) is 0 Å². The Morgan fingerprint density at radius 3 is 1.16 bits per heavy atom. The molecule has 0 saturated heterocycles. The first-order chi connectivity index (χ1) is 21.9. The molecular formula is C42H28N2. The Hall–Kier alpha value is -5.86. The molecule has 0 radical (unpaired) electrons. The molecule has 0 N–H and O–H groups in total. The van der Waals surface area contributed by atoms with Crippen LogP contribution in [0.3, 0.4) is 0 Å². The lowest BCUT2D eigenvalue weighted by atomic mass is 10.0. The number of fused-ring (bicyclic) bond motifs is 6. The van der Waals surface area contributed by atoms with Crippen molar-refractivity contribution in [3.8, 4) is 33.6 Å². The first-order valence-corrected chi connectivity index (χ1v) is 15.1. The molecule has 0 saturated carbocycles. The third-order valence-corrected chi connectivity index (χ3v) is 8.91. The largest absolute Gasteiger partial charge is 0.309 e. The number of benzene rings is 7. The molecule has 0 aliphatic carbocycles. The SMILES string of the molecule is c1ccc(-c2cccc3c4ccccc4n(-c4cccc(-n5c6ccccc6c6cccc(-c7ccccc7)c65)c4)c23)cc1. The molecule has 0 fully saturated rings. The molecule has 9 rings (SSSR count). The van der Waals surface area contributed by atoms with Crippen LogP contribution in [0.25, 0.3) is 77.2 Å². The molecule has 206 valence electrons. The van der Waals surface area contributed by atoms with Gasteiger partial charge in [0.05, 0.1) is 22.1 Å². The molecule has 0 spiro atoms. The Morgan fingerprint density at radius 2 is 0.682 bits per heavy atom. The minimum absolute atomic E-state index is 1.14. The average molecular weight is 561 g/mol. The van der Waals surface area contributed by atoms with Crippen LogP contribution in [0.2, 0.25) is 0 Å².